The summed E-state index contributed by atoms with van der Waals surface area (Å²) < 4.78 is 23.1. The van der Waals surface area contributed by atoms with Gasteiger partial charge >= 0.3 is 0 Å². The van der Waals surface area contributed by atoms with Crippen LogP contribution >= 0.6 is 11.8 Å². The van der Waals surface area contributed by atoms with E-state index in [0.29, 0.717) is 53.7 Å². The van der Waals surface area contributed by atoms with E-state index in [2.05, 4.69) is 17.1 Å². The third-order valence-corrected chi connectivity index (χ3v) is 5.81. The topological polar surface area (TPSA) is 86.9 Å². The van der Waals surface area contributed by atoms with Crippen molar-refractivity contribution in [3.8, 4) is 28.7 Å². The molecule has 0 bridgehead atoms. The number of nitrogens with zero attached hydrogens (tertiary/aromatic N) is 3. The van der Waals surface area contributed by atoms with Gasteiger partial charge in [0, 0.05) is 18.2 Å². The normalized spacial score (nSPS) is 16.3. The highest BCUT2D eigenvalue weighted by atomic mass is 32.2. The van der Waals surface area contributed by atoms with Crippen LogP contribution in [0.2, 0.25) is 0 Å². The van der Waals surface area contributed by atoms with Crippen molar-refractivity contribution in [2.45, 2.75) is 58.2 Å². The Balaban J connectivity index is 1.75. The molecule has 0 saturated carbocycles. The van der Waals surface area contributed by atoms with E-state index >= 15 is 0 Å². The molecule has 0 radical (unpaired) electrons. The van der Waals surface area contributed by atoms with Gasteiger partial charge in [-0.15, -0.1) is 10.2 Å². The van der Waals surface area contributed by atoms with Gasteiger partial charge in [-0.1, -0.05) is 11.8 Å². The van der Waals surface area contributed by atoms with Crippen LogP contribution in [0.1, 0.15) is 47.0 Å². The number of ether oxygens (including phenoxy) is 3. The van der Waals surface area contributed by atoms with E-state index in [1.54, 1.807) is 12.1 Å². The molecule has 1 aliphatic heterocycles. The number of hydrogen-bond donors (Lipinski definition) is 0. The fourth-order valence-corrected chi connectivity index (χ4v) is 4.22. The van der Waals surface area contributed by atoms with Gasteiger partial charge in [0.25, 0.3) is 5.22 Å². The molecule has 2 heterocycles. The minimum absolute atomic E-state index is 0.107. The summed E-state index contributed by atoms with van der Waals surface area (Å²) in [7, 11) is 0. The molecule has 31 heavy (non-hydrogen) atoms. The van der Waals surface area contributed by atoms with Crippen molar-refractivity contribution < 1.29 is 23.4 Å². The molecule has 1 atom stereocenters. The average molecular weight is 450 g/mol. The number of likely N-dealkylation sites (tertiary alicyclic amines) is 1. The number of carbonyl (C=O) groups is 1. The Bertz CT molecular complexity index is 846. The molecule has 3 rings (SSSR count). The largest absolute Gasteiger partial charge is 0.490 e. The number of hydrogen-bond acceptors (Lipinski definition) is 8. The maximum Gasteiger partial charge on any atom is 0.277 e. The molecule has 1 aromatic heterocycles. The summed E-state index contributed by atoms with van der Waals surface area (Å²) >= 11 is 1.26. The van der Waals surface area contributed by atoms with E-state index in [1.807, 2.05) is 25.7 Å². The van der Waals surface area contributed by atoms with Gasteiger partial charge < -0.3 is 23.5 Å². The van der Waals surface area contributed by atoms with E-state index in [-0.39, 0.29) is 17.7 Å². The van der Waals surface area contributed by atoms with Gasteiger partial charge in [-0.3, -0.25) is 4.79 Å². The molecule has 9 heteroatoms. The van der Waals surface area contributed by atoms with E-state index < -0.39 is 0 Å². The van der Waals surface area contributed by atoms with Gasteiger partial charge in [0.2, 0.25) is 17.5 Å². The maximum atomic E-state index is 12.6. The molecule has 1 aliphatic rings. The van der Waals surface area contributed by atoms with Gasteiger partial charge in [-0.25, -0.2) is 0 Å². The number of rotatable bonds is 10. The number of thioether (sulfide) groups is 1. The van der Waals surface area contributed by atoms with E-state index in [9.17, 15) is 4.79 Å². The predicted molar refractivity (Wildman–Crippen MR) is 119 cm³/mol. The molecule has 170 valence electrons. The zero-order valence-electron chi connectivity index (χ0n) is 18.7. The summed E-state index contributed by atoms with van der Waals surface area (Å²) in [4.78, 5) is 14.5. The minimum atomic E-state index is 0.107. The van der Waals surface area contributed by atoms with Crippen LogP contribution in [-0.4, -0.2) is 59.2 Å². The zero-order valence-corrected chi connectivity index (χ0v) is 19.5. The van der Waals surface area contributed by atoms with E-state index in [0.717, 1.165) is 19.4 Å². The van der Waals surface area contributed by atoms with Gasteiger partial charge in [0.05, 0.1) is 25.6 Å². The Morgan fingerprint density at radius 1 is 1.10 bits per heavy atom. The lowest BCUT2D eigenvalue weighted by Gasteiger charge is -2.33. The van der Waals surface area contributed by atoms with Crippen molar-refractivity contribution in [3.05, 3.63) is 12.1 Å². The SMILES string of the molecule is CCOc1cc(-c2nnc(SCC(=O)N3CCCCC3C)o2)cc(OCC)c1OCC. The second-order valence-electron chi connectivity index (χ2n) is 7.19. The smallest absolute Gasteiger partial charge is 0.277 e. The third-order valence-electron chi connectivity index (χ3n) is 5.00. The second kappa shape index (κ2) is 11.3. The molecule has 0 aliphatic carbocycles. The van der Waals surface area contributed by atoms with Crippen LogP contribution < -0.4 is 14.2 Å². The molecule has 0 N–H and O–H groups in total. The summed E-state index contributed by atoms with van der Waals surface area (Å²) in [6.45, 7) is 10.1. The predicted octanol–water partition coefficient (Wildman–Crippen LogP) is 4.43. The molecule has 1 fully saturated rings. The van der Waals surface area contributed by atoms with Crippen molar-refractivity contribution in [1.82, 2.24) is 15.1 Å². The average Bonchev–Trinajstić information content (AvgIpc) is 3.24. The van der Waals surface area contributed by atoms with Crippen LogP contribution in [0.4, 0.5) is 0 Å². The molecule has 8 nitrogen and oxygen atoms in total. The summed E-state index contributed by atoms with van der Waals surface area (Å²) in [6.07, 6.45) is 3.30. The molecule has 2 aromatic rings. The first-order valence-electron chi connectivity index (χ1n) is 10.9. The fourth-order valence-electron chi connectivity index (χ4n) is 3.57. The lowest BCUT2D eigenvalue weighted by atomic mass is 10.0. The quantitative estimate of drug-likeness (QED) is 0.493. The van der Waals surface area contributed by atoms with E-state index in [1.165, 1.54) is 18.2 Å². The fraction of sp³-hybridized carbons (Fsp3) is 0.591. The standard InChI is InChI=1S/C22H31N3O5S/c1-5-27-17-12-16(13-18(28-6-2)20(17)29-7-3)21-23-24-22(30-21)31-14-19(26)25-11-9-8-10-15(25)4/h12-13,15H,5-11,14H2,1-4H3. The third kappa shape index (κ3) is 5.84. The highest BCUT2D eigenvalue weighted by Gasteiger charge is 2.24. The van der Waals surface area contributed by atoms with Crippen molar-refractivity contribution in [3.63, 3.8) is 0 Å². The van der Waals surface area contributed by atoms with E-state index in [4.69, 9.17) is 18.6 Å². The first-order chi connectivity index (χ1) is 15.1. The Hall–Kier alpha value is -2.42. The minimum Gasteiger partial charge on any atom is -0.490 e. The first kappa shape index (κ1) is 23.2. The summed E-state index contributed by atoms with van der Waals surface area (Å²) in [5, 5.41) is 8.62. The lowest BCUT2D eigenvalue weighted by molar-refractivity contribution is -0.131. The first-order valence-corrected chi connectivity index (χ1v) is 11.9. The molecule has 1 aromatic carbocycles. The monoisotopic (exact) mass is 449 g/mol. The van der Waals surface area contributed by atoms with Gasteiger partial charge in [0.1, 0.15) is 0 Å². The van der Waals surface area contributed by atoms with Crippen molar-refractivity contribution >= 4 is 17.7 Å². The van der Waals surface area contributed by atoms with Gasteiger partial charge in [-0.2, -0.15) is 0 Å². The Kier molecular flexibility index (Phi) is 8.45. The Morgan fingerprint density at radius 2 is 1.77 bits per heavy atom. The number of amides is 1. The van der Waals surface area contributed by atoms with Crippen molar-refractivity contribution in [2.75, 3.05) is 32.1 Å². The van der Waals surface area contributed by atoms with Crippen LogP contribution in [-0.2, 0) is 4.79 Å². The molecule has 0 spiro atoms. The highest BCUT2D eigenvalue weighted by Crippen LogP contribution is 2.42. The van der Waals surface area contributed by atoms with Crippen LogP contribution in [0.25, 0.3) is 11.5 Å². The van der Waals surface area contributed by atoms with Crippen molar-refractivity contribution in [2.24, 2.45) is 0 Å². The van der Waals surface area contributed by atoms with Gasteiger partial charge in [-0.05, 0) is 59.1 Å². The number of piperidine rings is 1. The van der Waals surface area contributed by atoms with Gasteiger partial charge in [0.15, 0.2) is 11.5 Å². The van der Waals surface area contributed by atoms with Crippen LogP contribution in [0.15, 0.2) is 21.8 Å². The number of aromatic nitrogens is 2. The number of carbonyl (C=O) groups excluding carboxylic acids is 1. The van der Waals surface area contributed by atoms with Crippen LogP contribution in [0.3, 0.4) is 0 Å². The highest BCUT2D eigenvalue weighted by molar-refractivity contribution is 7.99. The molecular formula is C22H31N3O5S. The van der Waals surface area contributed by atoms with Crippen LogP contribution in [0.5, 0.6) is 17.2 Å². The summed E-state index contributed by atoms with van der Waals surface area (Å²) in [5.41, 5.74) is 0.672. The lowest BCUT2D eigenvalue weighted by Crippen LogP contribution is -2.42. The molecule has 1 saturated heterocycles. The summed E-state index contributed by atoms with van der Waals surface area (Å²) in [6, 6.07) is 3.90. The zero-order chi connectivity index (χ0) is 22.2. The van der Waals surface area contributed by atoms with Crippen molar-refractivity contribution in [1.29, 1.82) is 0 Å². The molecular weight excluding hydrogens is 418 g/mol. The number of benzene rings is 1. The van der Waals surface area contributed by atoms with Crippen LogP contribution in [0, 0.1) is 0 Å². The maximum absolute atomic E-state index is 12.6. The molecule has 1 unspecified atom stereocenters. The molecule has 1 amide bonds. The second-order valence-corrected chi connectivity index (χ2v) is 8.12. The Labute approximate surface area is 187 Å². The Morgan fingerprint density at radius 3 is 2.39 bits per heavy atom. The summed E-state index contributed by atoms with van der Waals surface area (Å²) in [5.74, 6) is 2.41.